The van der Waals surface area contributed by atoms with Gasteiger partial charge in [0.25, 0.3) is 0 Å². The first-order valence-electron chi connectivity index (χ1n) is 14.2. The molecule has 1 N–H and O–H groups in total. The van der Waals surface area contributed by atoms with Gasteiger partial charge in [-0.05, 0) is 80.9 Å². The van der Waals surface area contributed by atoms with Crippen molar-refractivity contribution in [1.29, 1.82) is 0 Å². The van der Waals surface area contributed by atoms with E-state index < -0.39 is 35.1 Å². The number of benzene rings is 1. The van der Waals surface area contributed by atoms with E-state index in [1.165, 1.54) is 12.7 Å². The van der Waals surface area contributed by atoms with Crippen LogP contribution in [0.2, 0.25) is 10.0 Å². The van der Waals surface area contributed by atoms with Crippen LogP contribution in [0.3, 0.4) is 0 Å². The van der Waals surface area contributed by atoms with Crippen molar-refractivity contribution in [2.45, 2.75) is 92.1 Å². The molecule has 3 rings (SSSR count). The number of nitrogens with zero attached hydrogens (tertiary/aromatic N) is 5. The zero-order valence-electron chi connectivity index (χ0n) is 27.0. The second-order valence-electron chi connectivity index (χ2n) is 13.0. The number of fused-ring (bicyclic) bond motifs is 1. The second kappa shape index (κ2) is 14.1. The number of aromatic nitrogens is 4. The van der Waals surface area contributed by atoms with E-state index in [1.807, 2.05) is 0 Å². The third kappa shape index (κ3) is 10.4. The van der Waals surface area contributed by atoms with Crippen LogP contribution in [0.15, 0.2) is 24.8 Å². The highest BCUT2D eigenvalue weighted by atomic mass is 35.5. The molecule has 1 aromatic carbocycles. The van der Waals surface area contributed by atoms with Gasteiger partial charge in [-0.25, -0.2) is 29.3 Å². The predicted molar refractivity (Wildman–Crippen MR) is 170 cm³/mol. The van der Waals surface area contributed by atoms with E-state index >= 15 is 0 Å². The Morgan fingerprint density at radius 3 is 2.04 bits per heavy atom. The molecule has 13 nitrogen and oxygen atoms in total. The Kier molecular flexibility index (Phi) is 11.1. The van der Waals surface area contributed by atoms with Crippen molar-refractivity contribution in [1.82, 2.24) is 24.8 Å². The summed E-state index contributed by atoms with van der Waals surface area (Å²) in [5.41, 5.74) is -1.44. The fraction of sp³-hybridized carbons (Fsp3) is 0.533. The minimum absolute atomic E-state index is 0.117. The van der Waals surface area contributed by atoms with Crippen molar-refractivity contribution in [3.63, 3.8) is 0 Å². The Bertz CT molecular complexity index is 1510. The van der Waals surface area contributed by atoms with Crippen molar-refractivity contribution in [2.75, 3.05) is 18.1 Å². The topological polar surface area (TPSA) is 147 Å². The first-order chi connectivity index (χ1) is 20.8. The number of hydrogen-bond acceptors (Lipinski definition) is 10. The molecule has 3 amide bonds. The number of carbonyl (C=O) groups excluding carboxylic acids is 3. The van der Waals surface area contributed by atoms with Crippen LogP contribution in [0.25, 0.3) is 11.2 Å². The third-order valence-corrected chi connectivity index (χ3v) is 6.32. The molecule has 15 heteroatoms. The largest absolute Gasteiger partial charge is 0.493 e. The quantitative estimate of drug-likeness (QED) is 0.194. The van der Waals surface area contributed by atoms with Crippen LogP contribution in [0.4, 0.5) is 20.2 Å². The fourth-order valence-electron chi connectivity index (χ4n) is 3.80. The minimum Gasteiger partial charge on any atom is -0.493 e. The summed E-state index contributed by atoms with van der Waals surface area (Å²) in [5.74, 6) is 0.343. The number of hydrogen-bond donors (Lipinski definition) is 1. The van der Waals surface area contributed by atoms with Crippen LogP contribution in [0.1, 0.15) is 74.3 Å². The molecule has 0 bridgehead atoms. The molecule has 0 aliphatic carbocycles. The molecule has 0 aliphatic rings. The first kappa shape index (κ1) is 35.6. The number of rotatable bonds is 8. The van der Waals surface area contributed by atoms with E-state index in [2.05, 4.69) is 20.3 Å². The minimum atomic E-state index is -0.985. The molecule has 2 heterocycles. The number of imide groups is 1. The molecule has 0 saturated heterocycles. The number of alkyl carbamates (subject to hydrolysis) is 1. The van der Waals surface area contributed by atoms with Crippen LogP contribution in [-0.4, -0.2) is 67.8 Å². The Hall–Kier alpha value is -3.84. The highest BCUT2D eigenvalue weighted by Crippen LogP contribution is 2.35. The number of imidazole rings is 1. The highest BCUT2D eigenvalue weighted by Gasteiger charge is 2.35. The van der Waals surface area contributed by atoms with E-state index in [1.54, 1.807) is 79.0 Å². The summed E-state index contributed by atoms with van der Waals surface area (Å²) in [7, 11) is 0. The lowest BCUT2D eigenvalue weighted by Crippen LogP contribution is -2.44. The van der Waals surface area contributed by atoms with Gasteiger partial charge < -0.3 is 28.8 Å². The van der Waals surface area contributed by atoms with Crippen LogP contribution in [0.5, 0.6) is 5.75 Å². The van der Waals surface area contributed by atoms with Crippen molar-refractivity contribution in [3.8, 4) is 5.75 Å². The van der Waals surface area contributed by atoms with Crippen molar-refractivity contribution < 1.29 is 33.3 Å². The summed E-state index contributed by atoms with van der Waals surface area (Å²) in [5, 5.41) is 3.26. The Labute approximate surface area is 272 Å². The Morgan fingerprint density at radius 1 is 0.867 bits per heavy atom. The summed E-state index contributed by atoms with van der Waals surface area (Å²) in [4.78, 5) is 52.0. The lowest BCUT2D eigenvalue weighted by atomic mass is 10.2. The molecule has 2 aromatic heterocycles. The van der Waals surface area contributed by atoms with E-state index in [0.29, 0.717) is 39.8 Å². The summed E-state index contributed by atoms with van der Waals surface area (Å²) in [6.07, 6.45) is 0.683. The van der Waals surface area contributed by atoms with Crippen LogP contribution < -0.4 is 15.0 Å². The number of carbonyl (C=O) groups is 3. The molecule has 0 aliphatic heterocycles. The average molecular weight is 668 g/mol. The molecule has 0 atom stereocenters. The molecule has 246 valence electrons. The summed E-state index contributed by atoms with van der Waals surface area (Å²) in [6, 6.07) is 3.31. The lowest BCUT2D eigenvalue weighted by molar-refractivity contribution is 0.0427. The maximum atomic E-state index is 13.2. The van der Waals surface area contributed by atoms with Crippen LogP contribution in [-0.2, 0) is 20.8 Å². The molecule has 0 saturated carbocycles. The SMILES string of the molecule is CC(C)(C)OC(=O)NCCCOc1ccc(Cl)c(Cl)c1Cn1cnc2c(N(C(=O)OC(C)(C)C)C(=O)OC(C)(C)C)ncnc21. The molecule has 0 fully saturated rings. The Morgan fingerprint density at radius 2 is 1.47 bits per heavy atom. The van der Waals surface area contributed by atoms with Gasteiger partial charge in [0.2, 0.25) is 0 Å². The molecular weight excluding hydrogens is 627 g/mol. The summed E-state index contributed by atoms with van der Waals surface area (Å²) >= 11 is 13.0. The van der Waals surface area contributed by atoms with Gasteiger partial charge >= 0.3 is 18.3 Å². The highest BCUT2D eigenvalue weighted by molar-refractivity contribution is 6.42. The van der Waals surface area contributed by atoms with Gasteiger partial charge in [0.15, 0.2) is 17.0 Å². The monoisotopic (exact) mass is 666 g/mol. The molecule has 45 heavy (non-hydrogen) atoms. The fourth-order valence-corrected chi connectivity index (χ4v) is 4.19. The maximum absolute atomic E-state index is 13.2. The van der Waals surface area contributed by atoms with Gasteiger partial charge in [-0.15, -0.1) is 0 Å². The predicted octanol–water partition coefficient (Wildman–Crippen LogP) is 7.15. The third-order valence-electron chi connectivity index (χ3n) is 5.47. The van der Waals surface area contributed by atoms with Crippen molar-refractivity contribution in [2.24, 2.45) is 0 Å². The average Bonchev–Trinajstić information content (AvgIpc) is 3.28. The zero-order valence-corrected chi connectivity index (χ0v) is 28.5. The van der Waals surface area contributed by atoms with Crippen molar-refractivity contribution in [3.05, 3.63) is 40.4 Å². The standard InChI is InChI=1S/C30H40Cl2N6O7/c1-28(2,3)43-25(39)33-13-10-14-42-20-12-11-19(31)21(32)18(20)15-37-17-36-22-23(37)34-16-35-24(22)38(26(40)44-29(4,5)6)27(41)45-30(7,8)9/h11-12,16-17H,10,13-15H2,1-9H3,(H,33,39). The molecule has 3 aromatic rings. The van der Waals surface area contributed by atoms with Gasteiger partial charge in [-0.3, -0.25) is 0 Å². The maximum Gasteiger partial charge on any atom is 0.425 e. The van der Waals surface area contributed by atoms with Crippen LogP contribution in [0, 0.1) is 0 Å². The van der Waals surface area contributed by atoms with Gasteiger partial charge in [0.1, 0.15) is 28.9 Å². The zero-order chi connectivity index (χ0) is 33.7. The molecule has 0 radical (unpaired) electrons. The molecule has 0 unspecified atom stereocenters. The lowest BCUT2D eigenvalue weighted by Gasteiger charge is -2.28. The number of ether oxygens (including phenoxy) is 4. The summed E-state index contributed by atoms with van der Waals surface area (Å²) < 4.78 is 23.9. The van der Waals surface area contributed by atoms with Crippen molar-refractivity contribution >= 4 is 58.5 Å². The van der Waals surface area contributed by atoms with E-state index in [4.69, 9.17) is 42.1 Å². The van der Waals surface area contributed by atoms with Gasteiger partial charge in [-0.1, -0.05) is 23.2 Å². The number of amides is 3. The normalized spacial score (nSPS) is 12.1. The van der Waals surface area contributed by atoms with Gasteiger partial charge in [0.05, 0.1) is 29.5 Å². The van der Waals surface area contributed by atoms with Gasteiger partial charge in [0, 0.05) is 12.1 Å². The van der Waals surface area contributed by atoms with Gasteiger partial charge in [-0.2, -0.15) is 4.90 Å². The van der Waals surface area contributed by atoms with Crippen LogP contribution >= 0.6 is 23.2 Å². The van der Waals surface area contributed by atoms with E-state index in [0.717, 1.165) is 0 Å². The molecule has 0 spiro atoms. The Balaban J connectivity index is 1.88. The van der Waals surface area contributed by atoms with E-state index in [-0.39, 0.29) is 29.5 Å². The first-order valence-corrected chi connectivity index (χ1v) is 15.0. The molecular formula is C30H40Cl2N6O7. The summed E-state index contributed by atoms with van der Waals surface area (Å²) in [6.45, 7) is 16.1. The number of anilines is 1. The smallest absolute Gasteiger partial charge is 0.425 e. The second-order valence-corrected chi connectivity index (χ2v) is 13.8. The number of nitrogens with one attached hydrogen (secondary N) is 1. The number of halogens is 2. The van der Waals surface area contributed by atoms with E-state index in [9.17, 15) is 14.4 Å².